The molecule has 2 unspecified atom stereocenters. The minimum absolute atomic E-state index is 0.0479. The van der Waals surface area contributed by atoms with E-state index in [2.05, 4.69) is 59.5 Å². The third-order valence-electron chi connectivity index (χ3n) is 7.16. The van der Waals surface area contributed by atoms with Crippen LogP contribution in [0.3, 0.4) is 0 Å². The molecule has 34 heavy (non-hydrogen) atoms. The van der Waals surface area contributed by atoms with Crippen LogP contribution in [0.2, 0.25) is 0 Å². The van der Waals surface area contributed by atoms with E-state index < -0.39 is 5.97 Å². The van der Waals surface area contributed by atoms with Crippen LogP contribution in [-0.2, 0) is 11.3 Å². The summed E-state index contributed by atoms with van der Waals surface area (Å²) in [6.07, 6.45) is 7.80. The van der Waals surface area contributed by atoms with Crippen LogP contribution in [-0.4, -0.2) is 17.1 Å². The second-order valence-corrected chi connectivity index (χ2v) is 9.17. The Labute approximate surface area is 198 Å². The molecule has 0 saturated heterocycles. The van der Waals surface area contributed by atoms with Crippen LogP contribution in [0.1, 0.15) is 48.6 Å². The molecule has 2 aliphatic rings. The van der Waals surface area contributed by atoms with Crippen molar-refractivity contribution < 1.29 is 18.9 Å². The highest BCUT2D eigenvalue weighted by molar-refractivity contribution is 5.77. The molecule has 1 aromatic heterocycles. The van der Waals surface area contributed by atoms with Gasteiger partial charge in [-0.05, 0) is 60.4 Å². The first-order chi connectivity index (χ1) is 16.7. The zero-order valence-corrected chi connectivity index (χ0v) is 18.9. The number of hydrogen-bond donors (Lipinski definition) is 1. The van der Waals surface area contributed by atoms with Crippen molar-refractivity contribution in [3.63, 3.8) is 0 Å². The lowest BCUT2D eigenvalue weighted by atomic mass is 9.96. The van der Waals surface area contributed by atoms with Crippen molar-refractivity contribution in [2.24, 2.45) is 0 Å². The molecular formula is C29H27N2O3+. The summed E-state index contributed by atoms with van der Waals surface area (Å²) in [7, 11) is 0. The largest absolute Gasteiger partial charge is 0.481 e. The molecule has 0 amide bonds. The van der Waals surface area contributed by atoms with Gasteiger partial charge < -0.3 is 14.4 Å². The number of hydrogen-bond acceptors (Lipinski definition) is 3. The highest BCUT2D eigenvalue weighted by Crippen LogP contribution is 2.52. The zero-order chi connectivity index (χ0) is 23.1. The fourth-order valence-electron chi connectivity index (χ4n) is 5.69. The van der Waals surface area contributed by atoms with Gasteiger partial charge in [0.1, 0.15) is 6.42 Å². The lowest BCUT2D eigenvalue weighted by Gasteiger charge is -2.27. The molecule has 0 spiro atoms. The minimum Gasteiger partial charge on any atom is -0.481 e. The molecule has 1 saturated carbocycles. The first kappa shape index (κ1) is 20.7. The van der Waals surface area contributed by atoms with E-state index in [1.165, 1.54) is 36.2 Å². The third kappa shape index (κ3) is 3.58. The van der Waals surface area contributed by atoms with E-state index in [-0.39, 0.29) is 6.42 Å². The third-order valence-corrected chi connectivity index (χ3v) is 7.16. The Bertz CT molecular complexity index is 1390. The van der Waals surface area contributed by atoms with Crippen molar-refractivity contribution in [3.8, 4) is 0 Å². The number of aromatic nitrogens is 1. The van der Waals surface area contributed by atoms with E-state index in [1.807, 2.05) is 34.9 Å². The van der Waals surface area contributed by atoms with Gasteiger partial charge in [0, 0.05) is 29.4 Å². The number of carbonyl (C=O) groups is 1. The van der Waals surface area contributed by atoms with Crippen LogP contribution in [0.4, 0.5) is 11.4 Å². The van der Waals surface area contributed by atoms with E-state index in [0.29, 0.717) is 24.4 Å². The number of rotatable bonds is 6. The van der Waals surface area contributed by atoms with Gasteiger partial charge in [0.25, 0.3) is 5.52 Å². The molecule has 4 aromatic rings. The zero-order valence-electron chi connectivity index (χ0n) is 18.9. The number of fused-ring (bicyclic) bond motifs is 4. The second kappa shape index (κ2) is 8.49. The van der Waals surface area contributed by atoms with E-state index in [4.69, 9.17) is 4.42 Å². The summed E-state index contributed by atoms with van der Waals surface area (Å²) in [5, 5.41) is 9.19. The summed E-state index contributed by atoms with van der Waals surface area (Å²) < 4.78 is 8.01. The first-order valence-electron chi connectivity index (χ1n) is 12.0. The van der Waals surface area contributed by atoms with Crippen molar-refractivity contribution >= 4 is 40.6 Å². The number of para-hydroxylation sites is 3. The van der Waals surface area contributed by atoms with Crippen LogP contribution in [0.25, 0.3) is 23.3 Å². The molecule has 1 fully saturated rings. The lowest BCUT2D eigenvalue weighted by Crippen LogP contribution is -2.36. The fourth-order valence-corrected chi connectivity index (χ4v) is 5.69. The van der Waals surface area contributed by atoms with Gasteiger partial charge in [-0.3, -0.25) is 4.79 Å². The molecule has 5 heteroatoms. The fraction of sp³-hybridized carbons (Fsp3) is 0.241. The Kier molecular flexibility index (Phi) is 5.17. The van der Waals surface area contributed by atoms with E-state index >= 15 is 0 Å². The van der Waals surface area contributed by atoms with Crippen molar-refractivity contribution in [1.29, 1.82) is 0 Å². The molecule has 1 aliphatic heterocycles. The molecule has 5 nitrogen and oxygen atoms in total. The number of aliphatic carboxylic acids is 1. The van der Waals surface area contributed by atoms with Gasteiger partial charge in [0.05, 0.1) is 6.08 Å². The van der Waals surface area contributed by atoms with Crippen molar-refractivity contribution in [2.75, 3.05) is 4.90 Å². The van der Waals surface area contributed by atoms with Gasteiger partial charge in [-0.2, -0.15) is 4.57 Å². The van der Waals surface area contributed by atoms with Crippen LogP contribution < -0.4 is 9.47 Å². The molecule has 0 bridgehead atoms. The predicted molar refractivity (Wildman–Crippen MR) is 133 cm³/mol. The van der Waals surface area contributed by atoms with Gasteiger partial charge in [-0.25, -0.2) is 0 Å². The van der Waals surface area contributed by atoms with Gasteiger partial charge in [-0.15, -0.1) is 0 Å². The summed E-state index contributed by atoms with van der Waals surface area (Å²) >= 11 is 0. The smallest absolute Gasteiger partial charge is 0.374 e. The number of benzene rings is 3. The van der Waals surface area contributed by atoms with E-state index in [1.54, 1.807) is 0 Å². The first-order valence-corrected chi connectivity index (χ1v) is 12.0. The number of oxazole rings is 1. The van der Waals surface area contributed by atoms with Gasteiger partial charge in [-0.1, -0.05) is 42.8 Å². The summed E-state index contributed by atoms with van der Waals surface area (Å²) in [5.74, 6) is 0.406. The van der Waals surface area contributed by atoms with Crippen molar-refractivity contribution in [2.45, 2.75) is 44.2 Å². The number of carboxylic acid groups (broad SMARTS) is 1. The lowest BCUT2D eigenvalue weighted by molar-refractivity contribution is -0.676. The summed E-state index contributed by atoms with van der Waals surface area (Å²) in [6.45, 7) is 0.367. The molecule has 170 valence electrons. The highest BCUT2D eigenvalue weighted by Gasteiger charge is 2.41. The molecule has 2 heterocycles. The molecule has 2 atom stereocenters. The normalized spacial score (nSPS) is 19.1. The highest BCUT2D eigenvalue weighted by atomic mass is 16.4. The topological polar surface area (TPSA) is 57.6 Å². The molecule has 1 N–H and O–H groups in total. The maximum Gasteiger partial charge on any atom is 0.374 e. The molecule has 3 aromatic carbocycles. The number of anilines is 2. The minimum atomic E-state index is -0.819. The van der Waals surface area contributed by atoms with Crippen LogP contribution in [0.5, 0.6) is 0 Å². The van der Waals surface area contributed by atoms with Gasteiger partial charge in [0.2, 0.25) is 5.58 Å². The van der Waals surface area contributed by atoms with E-state index in [0.717, 1.165) is 16.7 Å². The summed E-state index contributed by atoms with van der Waals surface area (Å²) in [4.78, 5) is 13.7. The quantitative estimate of drug-likeness (QED) is 0.357. The van der Waals surface area contributed by atoms with Crippen LogP contribution in [0.15, 0.2) is 77.2 Å². The summed E-state index contributed by atoms with van der Waals surface area (Å²) in [5.41, 5.74) is 6.81. The Morgan fingerprint density at radius 3 is 2.71 bits per heavy atom. The average molecular weight is 452 g/mol. The molecular weight excluding hydrogens is 424 g/mol. The SMILES string of the molecule is O=C(O)CC[n+]1c(/C=C/c2ccc3c(c2)C2CCCC2N3c2ccccc2)oc2ccccc21. The molecule has 0 radical (unpaired) electrons. The molecule has 1 aliphatic carbocycles. The Hall–Kier alpha value is -3.86. The monoisotopic (exact) mass is 451 g/mol. The van der Waals surface area contributed by atoms with Gasteiger partial charge >= 0.3 is 11.9 Å². The predicted octanol–water partition coefficient (Wildman–Crippen LogP) is 6.15. The average Bonchev–Trinajstić information content (AvgIpc) is 3.54. The van der Waals surface area contributed by atoms with E-state index in [9.17, 15) is 9.90 Å². The van der Waals surface area contributed by atoms with Crippen molar-refractivity contribution in [1.82, 2.24) is 0 Å². The maximum atomic E-state index is 11.2. The number of aryl methyl sites for hydroxylation is 1. The van der Waals surface area contributed by atoms with Crippen LogP contribution >= 0.6 is 0 Å². The Balaban J connectivity index is 1.35. The Morgan fingerprint density at radius 2 is 1.85 bits per heavy atom. The van der Waals surface area contributed by atoms with Crippen molar-refractivity contribution in [3.05, 3.63) is 89.8 Å². The van der Waals surface area contributed by atoms with Crippen LogP contribution in [0, 0.1) is 0 Å². The summed E-state index contributed by atoms with van der Waals surface area (Å²) in [6, 6.07) is 25.7. The number of nitrogens with zero attached hydrogens (tertiary/aromatic N) is 2. The second-order valence-electron chi connectivity index (χ2n) is 9.17. The Morgan fingerprint density at radius 1 is 1.03 bits per heavy atom. The maximum absolute atomic E-state index is 11.2. The molecule has 6 rings (SSSR count). The van der Waals surface area contributed by atoms with Gasteiger partial charge in [0.15, 0.2) is 6.54 Å². The standard InChI is InChI=1S/C29H26N2O3/c32-29(33)17-18-30-26-10-4-5-12-27(26)34-28(30)16-14-20-13-15-25-23(19-20)22-9-6-11-24(22)31(25)21-7-2-1-3-8-21/h1-5,7-8,10,12-16,19,22,24H,6,9,11,17-18H2/p+1. The number of carboxylic acids is 1.